The quantitative estimate of drug-likeness (QED) is 0.719. The van der Waals surface area contributed by atoms with Crippen LogP contribution in [0.1, 0.15) is 11.3 Å². The molecule has 0 aliphatic heterocycles. The fourth-order valence-corrected chi connectivity index (χ4v) is 1.82. The SMILES string of the molecule is FC(F)(F)c1cc(CBr)nc2ccccc12. The van der Waals surface area contributed by atoms with Crippen LogP contribution in [0.25, 0.3) is 10.9 Å². The Bertz CT molecular complexity index is 522. The van der Waals surface area contributed by atoms with Crippen LogP contribution in [0.4, 0.5) is 13.2 Å². The third kappa shape index (κ3) is 2.04. The molecule has 0 atom stereocenters. The molecule has 0 aliphatic rings. The molecule has 84 valence electrons. The van der Waals surface area contributed by atoms with Crippen molar-refractivity contribution in [1.82, 2.24) is 4.98 Å². The lowest BCUT2D eigenvalue weighted by Gasteiger charge is -2.11. The number of para-hydroxylation sites is 1. The van der Waals surface area contributed by atoms with Crippen molar-refractivity contribution in [2.24, 2.45) is 0 Å². The maximum absolute atomic E-state index is 12.8. The zero-order valence-electron chi connectivity index (χ0n) is 8.05. The van der Waals surface area contributed by atoms with Crippen molar-refractivity contribution in [2.75, 3.05) is 0 Å². The third-order valence-electron chi connectivity index (χ3n) is 2.21. The van der Waals surface area contributed by atoms with E-state index in [2.05, 4.69) is 20.9 Å². The number of hydrogen-bond donors (Lipinski definition) is 0. The van der Waals surface area contributed by atoms with Crippen LogP contribution >= 0.6 is 15.9 Å². The molecule has 1 heterocycles. The van der Waals surface area contributed by atoms with E-state index in [-0.39, 0.29) is 5.39 Å². The second-order valence-corrected chi connectivity index (χ2v) is 3.87. The van der Waals surface area contributed by atoms with Crippen molar-refractivity contribution in [3.63, 3.8) is 0 Å². The van der Waals surface area contributed by atoms with Crippen molar-refractivity contribution in [1.29, 1.82) is 0 Å². The average Bonchev–Trinajstić information content (AvgIpc) is 2.26. The molecule has 2 rings (SSSR count). The molecule has 2 aromatic rings. The minimum absolute atomic E-state index is 0.139. The zero-order chi connectivity index (χ0) is 11.8. The van der Waals surface area contributed by atoms with E-state index in [0.717, 1.165) is 6.07 Å². The number of alkyl halides is 4. The Morgan fingerprint density at radius 1 is 1.19 bits per heavy atom. The van der Waals surface area contributed by atoms with E-state index in [1.165, 1.54) is 6.07 Å². The Morgan fingerprint density at radius 3 is 2.50 bits per heavy atom. The maximum Gasteiger partial charge on any atom is 0.417 e. The highest BCUT2D eigenvalue weighted by Gasteiger charge is 2.33. The molecule has 0 saturated carbocycles. The molecule has 1 aromatic carbocycles. The molecule has 0 fully saturated rings. The molecule has 1 nitrogen and oxygen atoms in total. The van der Waals surface area contributed by atoms with Gasteiger partial charge in [-0.1, -0.05) is 34.1 Å². The first-order valence-corrected chi connectivity index (χ1v) is 5.66. The second kappa shape index (κ2) is 4.05. The molecule has 0 bridgehead atoms. The van der Waals surface area contributed by atoms with Crippen LogP contribution < -0.4 is 0 Å². The summed E-state index contributed by atoms with van der Waals surface area (Å²) >= 11 is 3.11. The Balaban J connectivity index is 2.79. The van der Waals surface area contributed by atoms with Crippen LogP contribution in [0.2, 0.25) is 0 Å². The number of aromatic nitrogens is 1. The number of rotatable bonds is 1. The standard InChI is InChI=1S/C11H7BrF3N/c12-6-7-5-9(11(13,14)15)8-3-1-2-4-10(8)16-7/h1-5H,6H2. The monoisotopic (exact) mass is 289 g/mol. The number of benzene rings is 1. The van der Waals surface area contributed by atoms with Crippen LogP contribution in [0, 0.1) is 0 Å². The minimum Gasteiger partial charge on any atom is -0.252 e. The highest BCUT2D eigenvalue weighted by molar-refractivity contribution is 9.08. The summed E-state index contributed by atoms with van der Waals surface area (Å²) in [5.74, 6) is 0. The number of pyridine rings is 1. The van der Waals surface area contributed by atoms with Gasteiger partial charge in [0.25, 0.3) is 0 Å². The molecular formula is C11H7BrF3N. The van der Waals surface area contributed by atoms with E-state index in [4.69, 9.17) is 0 Å². The van der Waals surface area contributed by atoms with Crippen molar-refractivity contribution in [3.8, 4) is 0 Å². The van der Waals surface area contributed by atoms with E-state index in [1.54, 1.807) is 18.2 Å². The van der Waals surface area contributed by atoms with Gasteiger partial charge in [0.05, 0.1) is 16.8 Å². The van der Waals surface area contributed by atoms with Crippen molar-refractivity contribution in [3.05, 3.63) is 41.6 Å². The lowest BCUT2D eigenvalue weighted by molar-refractivity contribution is -0.136. The van der Waals surface area contributed by atoms with Crippen molar-refractivity contribution in [2.45, 2.75) is 11.5 Å². The number of nitrogens with zero attached hydrogens (tertiary/aromatic N) is 1. The van der Waals surface area contributed by atoms with Gasteiger partial charge in [0, 0.05) is 10.7 Å². The van der Waals surface area contributed by atoms with E-state index < -0.39 is 11.7 Å². The molecule has 0 N–H and O–H groups in total. The topological polar surface area (TPSA) is 12.9 Å². The third-order valence-corrected chi connectivity index (χ3v) is 2.79. The van der Waals surface area contributed by atoms with Gasteiger partial charge in [-0.25, -0.2) is 0 Å². The Hall–Kier alpha value is -1.10. The lowest BCUT2D eigenvalue weighted by Crippen LogP contribution is -2.07. The minimum atomic E-state index is -4.35. The summed E-state index contributed by atoms with van der Waals surface area (Å²) in [6, 6.07) is 7.34. The first-order chi connectivity index (χ1) is 7.52. The van der Waals surface area contributed by atoms with Gasteiger partial charge < -0.3 is 0 Å². The molecular weight excluding hydrogens is 283 g/mol. The molecule has 0 radical (unpaired) electrons. The normalized spacial score (nSPS) is 12.0. The number of hydrogen-bond acceptors (Lipinski definition) is 1. The van der Waals surface area contributed by atoms with Gasteiger partial charge in [0.15, 0.2) is 0 Å². The maximum atomic E-state index is 12.8. The van der Waals surface area contributed by atoms with Gasteiger partial charge >= 0.3 is 6.18 Å². The zero-order valence-corrected chi connectivity index (χ0v) is 9.64. The molecule has 16 heavy (non-hydrogen) atoms. The van der Waals surface area contributed by atoms with E-state index >= 15 is 0 Å². The predicted molar refractivity (Wildman–Crippen MR) is 59.4 cm³/mol. The van der Waals surface area contributed by atoms with Crippen LogP contribution in [0.15, 0.2) is 30.3 Å². The molecule has 0 aliphatic carbocycles. The van der Waals surface area contributed by atoms with Crippen LogP contribution in [-0.4, -0.2) is 4.98 Å². The highest BCUT2D eigenvalue weighted by Crippen LogP contribution is 2.34. The van der Waals surface area contributed by atoms with Gasteiger partial charge in [-0.15, -0.1) is 0 Å². The van der Waals surface area contributed by atoms with E-state index in [9.17, 15) is 13.2 Å². The van der Waals surface area contributed by atoms with Crippen LogP contribution in [0.5, 0.6) is 0 Å². The Labute approximate surface area is 98.4 Å². The average molecular weight is 290 g/mol. The van der Waals surface area contributed by atoms with Crippen molar-refractivity contribution < 1.29 is 13.2 Å². The van der Waals surface area contributed by atoms with Crippen molar-refractivity contribution >= 4 is 26.8 Å². The first kappa shape index (κ1) is 11.4. The summed E-state index contributed by atoms with van der Waals surface area (Å²) in [5.41, 5.74) is 0.116. The van der Waals surface area contributed by atoms with Gasteiger partial charge in [-0.3, -0.25) is 4.98 Å². The Kier molecular flexibility index (Phi) is 2.88. The smallest absolute Gasteiger partial charge is 0.252 e. The van der Waals surface area contributed by atoms with Gasteiger partial charge in [0.1, 0.15) is 0 Å². The molecule has 1 aromatic heterocycles. The summed E-state index contributed by atoms with van der Waals surface area (Å²) in [6.07, 6.45) is -4.35. The number of halogens is 4. The molecule has 0 unspecified atom stereocenters. The molecule has 0 amide bonds. The predicted octanol–water partition coefficient (Wildman–Crippen LogP) is 4.15. The van der Waals surface area contributed by atoms with E-state index in [1.807, 2.05) is 0 Å². The highest BCUT2D eigenvalue weighted by atomic mass is 79.9. The summed E-state index contributed by atoms with van der Waals surface area (Å²) in [7, 11) is 0. The summed E-state index contributed by atoms with van der Waals surface area (Å²) in [5, 5.41) is 0.445. The Morgan fingerprint density at radius 2 is 1.88 bits per heavy atom. The van der Waals surface area contributed by atoms with Crippen LogP contribution in [-0.2, 0) is 11.5 Å². The molecule has 0 spiro atoms. The largest absolute Gasteiger partial charge is 0.417 e. The summed E-state index contributed by atoms with van der Waals surface area (Å²) in [4.78, 5) is 4.12. The lowest BCUT2D eigenvalue weighted by atomic mass is 10.1. The van der Waals surface area contributed by atoms with Gasteiger partial charge in [-0.2, -0.15) is 13.2 Å². The summed E-state index contributed by atoms with van der Waals surface area (Å²) in [6.45, 7) is 0. The molecule has 5 heteroatoms. The molecule has 0 saturated heterocycles. The second-order valence-electron chi connectivity index (χ2n) is 3.31. The van der Waals surface area contributed by atoms with Gasteiger partial charge in [-0.05, 0) is 12.1 Å². The fourth-order valence-electron chi connectivity index (χ4n) is 1.53. The number of fused-ring (bicyclic) bond motifs is 1. The van der Waals surface area contributed by atoms with Gasteiger partial charge in [0.2, 0.25) is 0 Å². The first-order valence-electron chi connectivity index (χ1n) is 4.54. The van der Waals surface area contributed by atoms with E-state index in [0.29, 0.717) is 16.5 Å². The fraction of sp³-hybridized carbons (Fsp3) is 0.182. The van der Waals surface area contributed by atoms with Crippen LogP contribution in [0.3, 0.4) is 0 Å². The summed E-state index contributed by atoms with van der Waals surface area (Å²) < 4.78 is 38.4.